The number of alkyl halides is 3. The molecule has 41 heavy (non-hydrogen) atoms. The van der Waals surface area contributed by atoms with Gasteiger partial charge in [-0.1, -0.05) is 12.1 Å². The molecule has 3 heterocycles. The van der Waals surface area contributed by atoms with Gasteiger partial charge in [0.15, 0.2) is 11.5 Å². The molecule has 12 heteroatoms. The number of hydrogen-bond donors (Lipinski definition) is 2. The molecule has 2 fully saturated rings. The largest absolute Gasteiger partial charge is 0.497 e. The Labute approximate surface area is 232 Å². The Morgan fingerprint density at radius 3 is 2.54 bits per heavy atom. The summed E-state index contributed by atoms with van der Waals surface area (Å²) in [6.07, 6.45) is -4.36. The highest BCUT2D eigenvalue weighted by Gasteiger charge is 2.67. The van der Waals surface area contributed by atoms with E-state index in [0.717, 1.165) is 11.6 Å². The Balaban J connectivity index is 1.37. The number of aromatic nitrogens is 2. The number of aliphatic hydroxyl groups is 1. The van der Waals surface area contributed by atoms with Crippen LogP contribution >= 0.6 is 0 Å². The Hall–Kier alpha value is -4.16. The van der Waals surface area contributed by atoms with Gasteiger partial charge in [-0.15, -0.1) is 0 Å². The number of oxazole rings is 1. The number of likely N-dealkylation sites (tertiary alicyclic amines) is 1. The number of nitrogens with two attached hydrogens (primary N) is 1. The van der Waals surface area contributed by atoms with Crippen LogP contribution < -0.4 is 15.2 Å². The van der Waals surface area contributed by atoms with E-state index in [9.17, 15) is 23.1 Å². The first-order valence-corrected chi connectivity index (χ1v) is 13.0. The molecule has 1 aliphatic heterocycles. The molecule has 2 aromatic heterocycles. The minimum atomic E-state index is -4.65. The third-order valence-corrected chi connectivity index (χ3v) is 8.09. The molecule has 2 aromatic carbocycles. The molecule has 0 bridgehead atoms. The molecule has 214 valence electrons. The van der Waals surface area contributed by atoms with Crippen molar-refractivity contribution in [3.05, 3.63) is 71.2 Å². The number of ether oxygens (including phenoxy) is 2. The van der Waals surface area contributed by atoms with Gasteiger partial charge < -0.3 is 29.6 Å². The van der Waals surface area contributed by atoms with Crippen LogP contribution in [0.25, 0.3) is 22.4 Å². The van der Waals surface area contributed by atoms with E-state index in [1.807, 2.05) is 24.3 Å². The zero-order chi connectivity index (χ0) is 29.1. The molecule has 0 unspecified atom stereocenters. The monoisotopic (exact) mass is 568 g/mol. The molecule has 4 aromatic rings. The fourth-order valence-corrected chi connectivity index (χ4v) is 5.96. The highest BCUT2D eigenvalue weighted by molar-refractivity contribution is 5.98. The smallest absolute Gasteiger partial charge is 0.433 e. The molecule has 3 N–H and O–H groups in total. The quantitative estimate of drug-likeness (QED) is 0.348. The molecule has 1 aliphatic carbocycles. The number of rotatable bonds is 6. The Morgan fingerprint density at radius 1 is 1.12 bits per heavy atom. The Morgan fingerprint density at radius 2 is 1.88 bits per heavy atom. The van der Waals surface area contributed by atoms with E-state index in [2.05, 4.69) is 9.97 Å². The molecule has 1 saturated heterocycles. The van der Waals surface area contributed by atoms with Crippen molar-refractivity contribution < 1.29 is 37.0 Å². The van der Waals surface area contributed by atoms with Crippen molar-refractivity contribution in [1.82, 2.24) is 14.9 Å². The average molecular weight is 569 g/mol. The fourth-order valence-electron chi connectivity index (χ4n) is 5.96. The SMILES string of the molecule is COc1ccc([C@H]2C[C@@]23[C@H](O)CCN3C(=O)c2nc(-c3ccc(OC)c4nc(C(F)(F)F)ccc34)oc2CN)cc1. The maximum atomic E-state index is 13.9. The predicted molar refractivity (Wildman–Crippen MR) is 141 cm³/mol. The molecule has 2 aliphatic rings. The topological polar surface area (TPSA) is 124 Å². The van der Waals surface area contributed by atoms with Gasteiger partial charge >= 0.3 is 6.18 Å². The van der Waals surface area contributed by atoms with Gasteiger partial charge in [-0.3, -0.25) is 4.79 Å². The van der Waals surface area contributed by atoms with Crippen LogP contribution in [-0.2, 0) is 12.7 Å². The summed E-state index contributed by atoms with van der Waals surface area (Å²) >= 11 is 0. The number of carbonyl (C=O) groups excluding carboxylic acids is 1. The zero-order valence-corrected chi connectivity index (χ0v) is 22.2. The third-order valence-electron chi connectivity index (χ3n) is 8.09. The van der Waals surface area contributed by atoms with Gasteiger partial charge in [0.05, 0.1) is 32.4 Å². The van der Waals surface area contributed by atoms with Crippen LogP contribution in [0.1, 0.15) is 46.3 Å². The number of halogens is 3. The number of hydrogen-bond acceptors (Lipinski definition) is 8. The standard InChI is InChI=1S/C29H27F3N4O5/c1-39-16-5-3-15(4-6-16)19-13-28(19)23(37)11-12-36(28)27(38)25-21(14-33)41-26(35-25)18-7-9-20(40-2)24-17(18)8-10-22(34-24)29(30,31)32/h3-10,19,23,37H,11-14,33H2,1-2H3/t19-,23-,28+/m1/s1. The van der Waals surface area contributed by atoms with Crippen molar-refractivity contribution in [1.29, 1.82) is 0 Å². The Bertz CT molecular complexity index is 1640. The second kappa shape index (κ2) is 9.74. The lowest BCUT2D eigenvalue weighted by molar-refractivity contribution is -0.140. The van der Waals surface area contributed by atoms with Crippen LogP contribution in [-0.4, -0.2) is 58.3 Å². The van der Waals surface area contributed by atoms with E-state index >= 15 is 0 Å². The average Bonchev–Trinajstić information content (AvgIpc) is 3.43. The van der Waals surface area contributed by atoms with Gasteiger partial charge in [-0.25, -0.2) is 9.97 Å². The van der Waals surface area contributed by atoms with Crippen molar-refractivity contribution in [2.45, 2.75) is 43.1 Å². The van der Waals surface area contributed by atoms with Crippen LogP contribution in [0.5, 0.6) is 11.5 Å². The summed E-state index contributed by atoms with van der Waals surface area (Å²) in [6.45, 7) is 0.193. The maximum absolute atomic E-state index is 13.9. The van der Waals surface area contributed by atoms with Gasteiger partial charge in [0.1, 0.15) is 22.7 Å². The summed E-state index contributed by atoms with van der Waals surface area (Å²) < 4.78 is 56.5. The lowest BCUT2D eigenvalue weighted by Crippen LogP contribution is -2.43. The van der Waals surface area contributed by atoms with Crippen molar-refractivity contribution in [2.75, 3.05) is 20.8 Å². The number of nitrogens with zero attached hydrogens (tertiary/aromatic N) is 3. The lowest BCUT2D eigenvalue weighted by Gasteiger charge is -2.27. The third kappa shape index (κ3) is 4.29. The highest BCUT2D eigenvalue weighted by Crippen LogP contribution is 2.61. The number of aliphatic hydroxyl groups excluding tert-OH is 1. The number of carbonyl (C=O) groups is 1. The first kappa shape index (κ1) is 27.0. The number of amides is 1. The molecule has 1 saturated carbocycles. The van der Waals surface area contributed by atoms with Crippen molar-refractivity contribution in [2.24, 2.45) is 5.73 Å². The van der Waals surface area contributed by atoms with Gasteiger partial charge in [-0.05, 0) is 54.8 Å². The van der Waals surface area contributed by atoms with Crippen LogP contribution in [0.4, 0.5) is 13.2 Å². The summed E-state index contributed by atoms with van der Waals surface area (Å²) in [4.78, 5) is 23.8. The summed E-state index contributed by atoms with van der Waals surface area (Å²) in [5.74, 6) is 0.502. The minimum absolute atomic E-state index is 0.000180. The zero-order valence-electron chi connectivity index (χ0n) is 22.2. The molecule has 1 amide bonds. The van der Waals surface area contributed by atoms with E-state index in [4.69, 9.17) is 19.6 Å². The number of benzene rings is 2. The summed E-state index contributed by atoms with van der Waals surface area (Å²) in [5, 5.41) is 11.3. The van der Waals surface area contributed by atoms with Gasteiger partial charge in [0.2, 0.25) is 5.89 Å². The summed E-state index contributed by atoms with van der Waals surface area (Å²) in [5.41, 5.74) is 5.38. The molecule has 3 atom stereocenters. The van der Waals surface area contributed by atoms with Crippen LogP contribution in [0.3, 0.4) is 0 Å². The van der Waals surface area contributed by atoms with Crippen LogP contribution in [0.2, 0.25) is 0 Å². The number of pyridine rings is 1. The fraction of sp³-hybridized carbons (Fsp3) is 0.345. The van der Waals surface area contributed by atoms with Gasteiger partial charge in [0, 0.05) is 23.4 Å². The van der Waals surface area contributed by atoms with Gasteiger partial charge in [0.25, 0.3) is 5.91 Å². The Kier molecular flexibility index (Phi) is 6.42. The van der Waals surface area contributed by atoms with Crippen LogP contribution in [0, 0.1) is 0 Å². The molecular weight excluding hydrogens is 541 g/mol. The lowest BCUT2D eigenvalue weighted by atomic mass is 10.0. The molecule has 1 spiro atoms. The minimum Gasteiger partial charge on any atom is -0.497 e. The second-order valence-corrected chi connectivity index (χ2v) is 10.2. The number of methoxy groups -OCH3 is 2. The molecule has 9 nitrogen and oxygen atoms in total. The molecule has 6 rings (SSSR count). The van der Waals surface area contributed by atoms with E-state index in [0.29, 0.717) is 36.1 Å². The van der Waals surface area contributed by atoms with E-state index < -0.39 is 29.4 Å². The molecule has 0 radical (unpaired) electrons. The van der Waals surface area contributed by atoms with E-state index in [-0.39, 0.29) is 41.1 Å². The van der Waals surface area contributed by atoms with E-state index in [1.54, 1.807) is 18.1 Å². The first-order valence-electron chi connectivity index (χ1n) is 13.0. The second-order valence-electron chi connectivity index (χ2n) is 10.2. The first-order chi connectivity index (χ1) is 19.6. The van der Waals surface area contributed by atoms with Crippen molar-refractivity contribution in [3.63, 3.8) is 0 Å². The number of fused-ring (bicyclic) bond motifs is 1. The summed E-state index contributed by atoms with van der Waals surface area (Å²) in [7, 11) is 2.92. The van der Waals surface area contributed by atoms with Crippen molar-refractivity contribution in [3.8, 4) is 23.0 Å². The van der Waals surface area contributed by atoms with E-state index in [1.165, 1.54) is 19.2 Å². The van der Waals surface area contributed by atoms with Crippen LogP contribution in [0.15, 0.2) is 52.9 Å². The highest BCUT2D eigenvalue weighted by atomic mass is 19.4. The van der Waals surface area contributed by atoms with Crippen molar-refractivity contribution >= 4 is 16.8 Å². The van der Waals surface area contributed by atoms with Gasteiger partial charge in [-0.2, -0.15) is 13.2 Å². The summed E-state index contributed by atoms with van der Waals surface area (Å²) in [6, 6.07) is 12.7. The molecular formula is C29H27F3N4O5. The maximum Gasteiger partial charge on any atom is 0.433 e. The predicted octanol–water partition coefficient (Wildman–Crippen LogP) is 4.52. The normalized spacial score (nSPS) is 22.0.